The number of aliphatic hydroxyl groups is 1. The summed E-state index contributed by atoms with van der Waals surface area (Å²) in [6.45, 7) is 5.35. The molecule has 0 fully saturated rings. The van der Waals surface area contributed by atoms with Crippen LogP contribution in [0, 0.1) is 5.41 Å². The van der Waals surface area contributed by atoms with Gasteiger partial charge in [0.1, 0.15) is 11.5 Å². The molecule has 112 valence electrons. The van der Waals surface area contributed by atoms with Crippen molar-refractivity contribution in [2.75, 3.05) is 0 Å². The van der Waals surface area contributed by atoms with Crippen LogP contribution in [0.5, 0.6) is 0 Å². The van der Waals surface area contributed by atoms with Crippen LogP contribution < -0.4 is 0 Å². The van der Waals surface area contributed by atoms with Gasteiger partial charge in [-0.1, -0.05) is 34.8 Å². The Labute approximate surface area is 135 Å². The zero-order chi connectivity index (χ0) is 15.8. The van der Waals surface area contributed by atoms with Crippen LogP contribution in [-0.2, 0) is 11.2 Å². The molecule has 1 N–H and O–H groups in total. The maximum absolute atomic E-state index is 11.8. The summed E-state index contributed by atoms with van der Waals surface area (Å²) in [7, 11) is 0. The molecule has 0 bridgehead atoms. The Kier molecular flexibility index (Phi) is 4.50. The number of carbonyl (C=O) groups is 1. The van der Waals surface area contributed by atoms with Gasteiger partial charge < -0.3 is 5.11 Å². The predicted molar refractivity (Wildman–Crippen MR) is 87.0 cm³/mol. The van der Waals surface area contributed by atoms with Crippen molar-refractivity contribution in [2.24, 2.45) is 5.41 Å². The highest BCUT2D eigenvalue weighted by molar-refractivity contribution is 6.35. The standard InChI is InChI=1S/C17H18Cl2O2/c1-10-8-17(3,11(2)20)9-16(21)14(10)6-12-4-5-13(18)7-15(12)19/h4-5,7,9,21H,6,8H2,1-3H3. The smallest absolute Gasteiger partial charge is 0.139 e. The fraction of sp³-hybridized carbons (Fsp3) is 0.353. The van der Waals surface area contributed by atoms with Gasteiger partial charge in [0.05, 0.1) is 5.41 Å². The van der Waals surface area contributed by atoms with Gasteiger partial charge in [0, 0.05) is 16.5 Å². The van der Waals surface area contributed by atoms with Gasteiger partial charge in [-0.15, -0.1) is 0 Å². The van der Waals surface area contributed by atoms with Crippen molar-refractivity contribution in [2.45, 2.75) is 33.6 Å². The third-order valence-electron chi connectivity index (χ3n) is 4.10. The van der Waals surface area contributed by atoms with Crippen LogP contribution in [0.4, 0.5) is 0 Å². The van der Waals surface area contributed by atoms with E-state index in [1.54, 1.807) is 25.1 Å². The summed E-state index contributed by atoms with van der Waals surface area (Å²) >= 11 is 12.1. The molecule has 1 unspecified atom stereocenters. The molecule has 0 heterocycles. The minimum Gasteiger partial charge on any atom is -0.508 e. The minimum absolute atomic E-state index is 0.0528. The molecule has 1 aliphatic carbocycles. The molecule has 1 aromatic rings. The molecular weight excluding hydrogens is 307 g/mol. The number of halogens is 2. The molecule has 1 aromatic carbocycles. The van der Waals surface area contributed by atoms with Crippen LogP contribution in [0.2, 0.25) is 10.0 Å². The number of benzene rings is 1. The van der Waals surface area contributed by atoms with Crippen LogP contribution in [0.25, 0.3) is 0 Å². The normalized spacial score (nSPS) is 22.2. The van der Waals surface area contributed by atoms with E-state index in [0.717, 1.165) is 16.7 Å². The predicted octanol–water partition coefficient (Wildman–Crippen LogP) is 5.29. The average Bonchev–Trinajstić information content (AvgIpc) is 2.35. The van der Waals surface area contributed by atoms with Gasteiger partial charge in [-0.25, -0.2) is 0 Å². The molecule has 0 aliphatic heterocycles. The van der Waals surface area contributed by atoms with E-state index < -0.39 is 5.41 Å². The van der Waals surface area contributed by atoms with Gasteiger partial charge in [0.15, 0.2) is 0 Å². The van der Waals surface area contributed by atoms with Gasteiger partial charge in [-0.2, -0.15) is 0 Å². The molecule has 0 amide bonds. The fourth-order valence-electron chi connectivity index (χ4n) is 2.64. The Morgan fingerprint density at radius 2 is 2.05 bits per heavy atom. The summed E-state index contributed by atoms with van der Waals surface area (Å²) in [5.74, 6) is 0.222. The fourth-order valence-corrected chi connectivity index (χ4v) is 3.11. The van der Waals surface area contributed by atoms with Gasteiger partial charge >= 0.3 is 0 Å². The van der Waals surface area contributed by atoms with Crippen LogP contribution in [0.3, 0.4) is 0 Å². The zero-order valence-electron chi connectivity index (χ0n) is 12.3. The summed E-state index contributed by atoms with van der Waals surface area (Å²) < 4.78 is 0. The largest absolute Gasteiger partial charge is 0.508 e. The molecule has 21 heavy (non-hydrogen) atoms. The van der Waals surface area contributed by atoms with E-state index in [2.05, 4.69) is 0 Å². The maximum atomic E-state index is 11.8. The van der Waals surface area contributed by atoms with E-state index in [4.69, 9.17) is 23.2 Å². The Balaban J connectivity index is 2.33. The van der Waals surface area contributed by atoms with Gasteiger partial charge in [-0.05, 0) is 56.5 Å². The molecule has 0 saturated carbocycles. The topological polar surface area (TPSA) is 37.3 Å². The first-order valence-corrected chi connectivity index (χ1v) is 7.54. The second-order valence-electron chi connectivity index (χ2n) is 5.85. The van der Waals surface area contributed by atoms with Gasteiger partial charge in [-0.3, -0.25) is 4.79 Å². The summed E-state index contributed by atoms with van der Waals surface area (Å²) in [6.07, 6.45) is 2.80. The molecule has 0 radical (unpaired) electrons. The SMILES string of the molecule is CC(=O)C1(C)C=C(O)C(Cc2ccc(Cl)cc2Cl)=C(C)C1. The van der Waals surface area contributed by atoms with Crippen molar-refractivity contribution in [3.05, 3.63) is 56.8 Å². The lowest BCUT2D eigenvalue weighted by Gasteiger charge is -2.30. The quantitative estimate of drug-likeness (QED) is 0.819. The highest BCUT2D eigenvalue weighted by Crippen LogP contribution is 2.39. The second-order valence-corrected chi connectivity index (χ2v) is 6.70. The minimum atomic E-state index is -0.624. The molecule has 2 nitrogen and oxygen atoms in total. The molecule has 2 rings (SSSR count). The highest BCUT2D eigenvalue weighted by Gasteiger charge is 2.33. The third-order valence-corrected chi connectivity index (χ3v) is 4.69. The summed E-state index contributed by atoms with van der Waals surface area (Å²) in [5, 5.41) is 11.5. The van der Waals surface area contributed by atoms with E-state index in [1.807, 2.05) is 19.9 Å². The first-order chi connectivity index (χ1) is 9.73. The highest BCUT2D eigenvalue weighted by atomic mass is 35.5. The lowest BCUT2D eigenvalue weighted by atomic mass is 9.74. The van der Waals surface area contributed by atoms with Gasteiger partial charge in [0.2, 0.25) is 0 Å². The molecule has 4 heteroatoms. The van der Waals surface area contributed by atoms with E-state index >= 15 is 0 Å². The van der Waals surface area contributed by atoms with E-state index in [9.17, 15) is 9.90 Å². The van der Waals surface area contributed by atoms with Crippen LogP contribution in [-0.4, -0.2) is 10.9 Å². The molecule has 0 spiro atoms. The van der Waals surface area contributed by atoms with E-state index in [-0.39, 0.29) is 11.5 Å². The van der Waals surface area contributed by atoms with Crippen molar-refractivity contribution < 1.29 is 9.90 Å². The first kappa shape index (κ1) is 16.1. The number of hydrogen-bond donors (Lipinski definition) is 1. The van der Waals surface area contributed by atoms with E-state index in [0.29, 0.717) is 22.9 Å². The molecule has 0 aromatic heterocycles. The third kappa shape index (κ3) is 3.33. The Hall–Kier alpha value is -1.25. The molecular formula is C17H18Cl2O2. The van der Waals surface area contributed by atoms with Crippen molar-refractivity contribution in [1.82, 2.24) is 0 Å². The lowest BCUT2D eigenvalue weighted by Crippen LogP contribution is -2.27. The maximum Gasteiger partial charge on any atom is 0.139 e. The number of ketones is 1. The summed E-state index contributed by atoms with van der Waals surface area (Å²) in [4.78, 5) is 11.8. The zero-order valence-corrected chi connectivity index (χ0v) is 13.8. The first-order valence-electron chi connectivity index (χ1n) is 6.79. The molecule has 1 atom stereocenters. The number of Topliss-reactive ketones (excluding diaryl/α,β-unsaturated/α-hetero) is 1. The Morgan fingerprint density at radius 1 is 1.38 bits per heavy atom. The van der Waals surface area contributed by atoms with Gasteiger partial charge in [0.25, 0.3) is 0 Å². The van der Waals surface area contributed by atoms with E-state index in [1.165, 1.54) is 0 Å². The second kappa shape index (κ2) is 5.86. The Morgan fingerprint density at radius 3 is 2.57 bits per heavy atom. The number of aliphatic hydroxyl groups excluding tert-OH is 1. The molecule has 0 saturated heterocycles. The summed E-state index contributed by atoms with van der Waals surface area (Å²) in [5.41, 5.74) is 2.13. The van der Waals surface area contributed by atoms with Crippen molar-refractivity contribution in [3.63, 3.8) is 0 Å². The number of rotatable bonds is 3. The van der Waals surface area contributed by atoms with Crippen LogP contribution in [0.15, 0.2) is 41.2 Å². The lowest BCUT2D eigenvalue weighted by molar-refractivity contribution is -0.123. The number of allylic oxidation sites excluding steroid dienone is 3. The van der Waals surface area contributed by atoms with Crippen molar-refractivity contribution >= 4 is 29.0 Å². The van der Waals surface area contributed by atoms with Crippen molar-refractivity contribution in [1.29, 1.82) is 0 Å². The number of carbonyl (C=O) groups excluding carboxylic acids is 1. The average molecular weight is 325 g/mol. The molecule has 1 aliphatic rings. The summed E-state index contributed by atoms with van der Waals surface area (Å²) in [6, 6.07) is 5.33. The van der Waals surface area contributed by atoms with Crippen LogP contribution in [0.1, 0.15) is 32.8 Å². The monoisotopic (exact) mass is 324 g/mol. The van der Waals surface area contributed by atoms with Crippen molar-refractivity contribution in [3.8, 4) is 0 Å². The Bertz CT molecular complexity index is 659. The van der Waals surface area contributed by atoms with Crippen LogP contribution >= 0.6 is 23.2 Å². The number of hydrogen-bond acceptors (Lipinski definition) is 2.